The summed E-state index contributed by atoms with van der Waals surface area (Å²) >= 11 is 2.63. The van der Waals surface area contributed by atoms with Crippen LogP contribution in [0.5, 0.6) is 0 Å². The lowest BCUT2D eigenvalue weighted by atomic mass is 10.1. The van der Waals surface area contributed by atoms with E-state index in [1.807, 2.05) is 32.0 Å². The maximum Gasteiger partial charge on any atom is 0.259 e. The molecule has 0 fully saturated rings. The summed E-state index contributed by atoms with van der Waals surface area (Å²) in [6.07, 6.45) is 0. The van der Waals surface area contributed by atoms with E-state index in [0.717, 1.165) is 16.8 Å². The standard InChI is InChI=1S/C19H18N6O2S2/c1-9-5-6-10(2)13(7-9)25-19(22-23-24-25)28-8-14-20-17(27)15-11(3)16(12(4)26)29-18(15)21-14/h5-7H,8H2,1-4H3,(H,20,21,27). The first-order chi connectivity index (χ1) is 13.8. The van der Waals surface area contributed by atoms with Crippen molar-refractivity contribution in [2.75, 3.05) is 0 Å². The molecule has 3 aromatic heterocycles. The minimum atomic E-state index is -0.235. The Balaban J connectivity index is 1.65. The van der Waals surface area contributed by atoms with Gasteiger partial charge in [0.05, 0.1) is 21.7 Å². The van der Waals surface area contributed by atoms with Crippen molar-refractivity contribution in [3.8, 4) is 5.69 Å². The Morgan fingerprint density at radius 2 is 2.07 bits per heavy atom. The number of carbonyl (C=O) groups excluding carboxylic acids is 1. The number of thiophene rings is 1. The summed E-state index contributed by atoms with van der Waals surface area (Å²) in [6, 6.07) is 6.09. The van der Waals surface area contributed by atoms with Crippen LogP contribution >= 0.6 is 23.1 Å². The van der Waals surface area contributed by atoms with Gasteiger partial charge in [-0.1, -0.05) is 23.9 Å². The number of Topliss-reactive ketones (excluding diaryl/α,β-unsaturated/α-hetero) is 1. The molecule has 10 heteroatoms. The van der Waals surface area contributed by atoms with Crippen LogP contribution in [0.1, 0.15) is 39.1 Å². The van der Waals surface area contributed by atoms with Gasteiger partial charge in [0.2, 0.25) is 5.16 Å². The fourth-order valence-corrected chi connectivity index (χ4v) is 4.94. The molecule has 4 aromatic rings. The second-order valence-electron chi connectivity index (χ2n) is 6.76. The number of aryl methyl sites for hydroxylation is 3. The van der Waals surface area contributed by atoms with E-state index in [1.54, 1.807) is 11.6 Å². The molecule has 3 heterocycles. The molecule has 0 saturated heterocycles. The molecule has 0 spiro atoms. The minimum Gasteiger partial charge on any atom is -0.309 e. The van der Waals surface area contributed by atoms with Gasteiger partial charge in [0.25, 0.3) is 5.56 Å². The van der Waals surface area contributed by atoms with E-state index in [1.165, 1.54) is 30.0 Å². The molecular formula is C19H18N6O2S2. The number of rotatable bonds is 5. The number of aromatic nitrogens is 6. The number of ketones is 1. The van der Waals surface area contributed by atoms with E-state index in [9.17, 15) is 9.59 Å². The van der Waals surface area contributed by atoms with Gasteiger partial charge in [0.1, 0.15) is 10.7 Å². The van der Waals surface area contributed by atoms with Crippen molar-refractivity contribution >= 4 is 39.1 Å². The van der Waals surface area contributed by atoms with Gasteiger partial charge in [-0.2, -0.15) is 4.68 Å². The van der Waals surface area contributed by atoms with E-state index in [4.69, 9.17) is 0 Å². The van der Waals surface area contributed by atoms with Crippen LogP contribution < -0.4 is 5.56 Å². The molecule has 1 N–H and O–H groups in total. The monoisotopic (exact) mass is 426 g/mol. The first-order valence-corrected chi connectivity index (χ1v) is 10.7. The van der Waals surface area contributed by atoms with Gasteiger partial charge in [0.15, 0.2) is 5.78 Å². The summed E-state index contributed by atoms with van der Waals surface area (Å²) in [5.41, 5.74) is 3.53. The van der Waals surface area contributed by atoms with Crippen LogP contribution in [-0.2, 0) is 5.75 Å². The first-order valence-electron chi connectivity index (χ1n) is 8.87. The van der Waals surface area contributed by atoms with Crippen molar-refractivity contribution in [2.24, 2.45) is 0 Å². The Kier molecular flexibility index (Phi) is 5.05. The molecule has 1 aromatic carbocycles. The molecule has 0 aliphatic heterocycles. The van der Waals surface area contributed by atoms with Crippen LogP contribution in [0.3, 0.4) is 0 Å². The third-order valence-electron chi connectivity index (χ3n) is 4.54. The van der Waals surface area contributed by atoms with E-state index >= 15 is 0 Å². The van der Waals surface area contributed by atoms with E-state index in [2.05, 4.69) is 25.5 Å². The average molecular weight is 427 g/mol. The van der Waals surface area contributed by atoms with E-state index in [-0.39, 0.29) is 11.3 Å². The van der Waals surface area contributed by atoms with Gasteiger partial charge in [-0.3, -0.25) is 9.59 Å². The van der Waals surface area contributed by atoms with Crippen molar-refractivity contribution in [1.82, 2.24) is 30.2 Å². The molecule has 4 rings (SSSR count). The lowest BCUT2D eigenvalue weighted by Crippen LogP contribution is -2.11. The molecule has 0 atom stereocenters. The SMILES string of the molecule is CC(=O)c1sc2nc(CSc3nnnn3-c3cc(C)ccc3C)[nH]c(=O)c2c1C. The number of nitrogens with zero attached hydrogens (tertiary/aromatic N) is 5. The van der Waals surface area contributed by atoms with Crippen LogP contribution in [-0.4, -0.2) is 36.0 Å². The number of fused-ring (bicyclic) bond motifs is 1. The first kappa shape index (κ1) is 19.5. The number of tetrazole rings is 1. The number of H-pyrrole nitrogens is 1. The fourth-order valence-electron chi connectivity index (χ4n) is 3.09. The Hall–Kier alpha value is -2.85. The summed E-state index contributed by atoms with van der Waals surface area (Å²) in [6.45, 7) is 7.29. The maximum atomic E-state index is 12.5. The molecule has 0 radical (unpaired) electrons. The van der Waals surface area contributed by atoms with Crippen molar-refractivity contribution < 1.29 is 4.79 Å². The molecule has 0 amide bonds. The van der Waals surface area contributed by atoms with Gasteiger partial charge < -0.3 is 4.98 Å². The molecule has 8 nitrogen and oxygen atoms in total. The molecular weight excluding hydrogens is 408 g/mol. The highest BCUT2D eigenvalue weighted by Gasteiger charge is 2.18. The van der Waals surface area contributed by atoms with Crippen LogP contribution in [0.15, 0.2) is 28.2 Å². The zero-order valence-electron chi connectivity index (χ0n) is 16.3. The second kappa shape index (κ2) is 7.53. The Morgan fingerprint density at radius 1 is 1.28 bits per heavy atom. The van der Waals surface area contributed by atoms with Crippen molar-refractivity contribution in [3.05, 3.63) is 55.9 Å². The number of carbonyl (C=O) groups is 1. The number of hydrogen-bond acceptors (Lipinski definition) is 8. The lowest BCUT2D eigenvalue weighted by molar-refractivity contribution is 0.102. The third-order valence-corrected chi connectivity index (χ3v) is 6.76. The molecule has 0 saturated carbocycles. The van der Waals surface area contributed by atoms with Gasteiger partial charge in [0, 0.05) is 0 Å². The highest BCUT2D eigenvalue weighted by Crippen LogP contribution is 2.28. The third kappa shape index (κ3) is 3.60. The van der Waals surface area contributed by atoms with Crippen molar-refractivity contribution in [1.29, 1.82) is 0 Å². The van der Waals surface area contributed by atoms with Crippen LogP contribution in [0.25, 0.3) is 15.9 Å². The summed E-state index contributed by atoms with van der Waals surface area (Å²) in [7, 11) is 0. The number of aromatic amines is 1. The Morgan fingerprint density at radius 3 is 2.83 bits per heavy atom. The second-order valence-corrected chi connectivity index (χ2v) is 8.70. The number of nitrogens with one attached hydrogen (secondary N) is 1. The summed E-state index contributed by atoms with van der Waals surface area (Å²) in [5.74, 6) is 0.843. The molecule has 0 aliphatic carbocycles. The zero-order valence-corrected chi connectivity index (χ0v) is 17.9. The smallest absolute Gasteiger partial charge is 0.259 e. The summed E-state index contributed by atoms with van der Waals surface area (Å²) in [5, 5.41) is 13.1. The maximum absolute atomic E-state index is 12.5. The minimum absolute atomic E-state index is 0.0616. The fraction of sp³-hybridized carbons (Fsp3) is 0.263. The molecule has 0 aliphatic rings. The van der Waals surface area contributed by atoms with Crippen molar-refractivity contribution in [3.63, 3.8) is 0 Å². The zero-order chi connectivity index (χ0) is 20.7. The van der Waals surface area contributed by atoms with Crippen LogP contribution in [0.4, 0.5) is 0 Å². The van der Waals surface area contributed by atoms with Crippen LogP contribution in [0, 0.1) is 20.8 Å². The van der Waals surface area contributed by atoms with Crippen LogP contribution in [0.2, 0.25) is 0 Å². The van der Waals surface area contributed by atoms with Gasteiger partial charge >= 0.3 is 0 Å². The number of thioether (sulfide) groups is 1. The molecule has 0 bridgehead atoms. The summed E-state index contributed by atoms with van der Waals surface area (Å²) < 4.78 is 1.69. The van der Waals surface area contributed by atoms with Crippen molar-refractivity contribution in [2.45, 2.75) is 38.6 Å². The Labute approximate surface area is 174 Å². The predicted octanol–water partition coefficient (Wildman–Crippen LogP) is 3.38. The van der Waals surface area contributed by atoms with Gasteiger partial charge in [-0.25, -0.2) is 4.98 Å². The topological polar surface area (TPSA) is 106 Å². The van der Waals surface area contributed by atoms with E-state index < -0.39 is 0 Å². The quantitative estimate of drug-likeness (QED) is 0.385. The summed E-state index contributed by atoms with van der Waals surface area (Å²) in [4.78, 5) is 32.8. The van der Waals surface area contributed by atoms with Gasteiger partial charge in [-0.05, 0) is 60.9 Å². The molecule has 0 unspecified atom stereocenters. The lowest BCUT2D eigenvalue weighted by Gasteiger charge is -2.08. The molecule has 148 valence electrons. The van der Waals surface area contributed by atoms with Gasteiger partial charge in [-0.15, -0.1) is 16.4 Å². The highest BCUT2D eigenvalue weighted by atomic mass is 32.2. The van der Waals surface area contributed by atoms with E-state index in [0.29, 0.717) is 37.4 Å². The molecule has 29 heavy (non-hydrogen) atoms. The average Bonchev–Trinajstić information content (AvgIpc) is 3.26. The number of hydrogen-bond donors (Lipinski definition) is 1. The number of benzene rings is 1. The highest BCUT2D eigenvalue weighted by molar-refractivity contribution is 7.98. The predicted molar refractivity (Wildman–Crippen MR) is 113 cm³/mol. The largest absolute Gasteiger partial charge is 0.309 e. The normalized spacial score (nSPS) is 11.3. The Bertz CT molecular complexity index is 1300.